The fraction of sp³-hybridized carbons (Fsp3) is 0.130. The van der Waals surface area contributed by atoms with Crippen molar-refractivity contribution in [3.8, 4) is 0 Å². The summed E-state index contributed by atoms with van der Waals surface area (Å²) in [5.41, 5.74) is 1.91. The quantitative estimate of drug-likeness (QED) is 0.670. The van der Waals surface area contributed by atoms with Crippen molar-refractivity contribution in [2.75, 3.05) is 5.32 Å². The van der Waals surface area contributed by atoms with Gasteiger partial charge < -0.3 is 5.32 Å². The summed E-state index contributed by atoms with van der Waals surface area (Å²) in [4.78, 5) is 25.4. The van der Waals surface area contributed by atoms with Gasteiger partial charge in [-0.05, 0) is 42.7 Å². The molecule has 1 N–H and O–H groups in total. The van der Waals surface area contributed by atoms with Crippen LogP contribution in [0.4, 0.5) is 10.1 Å². The molecule has 0 radical (unpaired) electrons. The van der Waals surface area contributed by atoms with Crippen molar-refractivity contribution in [1.82, 2.24) is 0 Å². The molecular formula is C23H18FNO2. The van der Waals surface area contributed by atoms with Crippen molar-refractivity contribution in [1.29, 1.82) is 0 Å². The predicted molar refractivity (Wildman–Crippen MR) is 102 cm³/mol. The lowest BCUT2D eigenvalue weighted by Crippen LogP contribution is -2.27. The highest BCUT2D eigenvalue weighted by Crippen LogP contribution is 2.49. The monoisotopic (exact) mass is 359 g/mol. The van der Waals surface area contributed by atoms with Crippen molar-refractivity contribution in [3.05, 3.63) is 101 Å². The molecule has 1 aliphatic carbocycles. The largest absolute Gasteiger partial charge is 0.325 e. The molecule has 0 atom stereocenters. The van der Waals surface area contributed by atoms with Crippen molar-refractivity contribution < 1.29 is 14.0 Å². The Labute approximate surface area is 156 Å². The molecule has 0 bridgehead atoms. The van der Waals surface area contributed by atoms with Crippen molar-refractivity contribution in [2.45, 2.75) is 18.3 Å². The van der Waals surface area contributed by atoms with Gasteiger partial charge in [0.1, 0.15) is 5.82 Å². The molecule has 1 fully saturated rings. The fourth-order valence-corrected chi connectivity index (χ4v) is 3.29. The predicted octanol–water partition coefficient (Wildman–Crippen LogP) is 4.73. The van der Waals surface area contributed by atoms with Gasteiger partial charge in [-0.15, -0.1) is 0 Å². The standard InChI is InChI=1S/C23H18FNO2/c24-19-11-9-18(10-12-19)23(13-14-23)22(27)25-20-8-4-7-17(15-20)21(26)16-5-2-1-3-6-16/h1-12,15H,13-14H2,(H,25,27). The molecule has 3 aromatic rings. The van der Waals surface area contributed by atoms with Crippen LogP contribution in [0.2, 0.25) is 0 Å². The SMILES string of the molecule is O=C(c1ccccc1)c1cccc(NC(=O)C2(c3ccc(F)cc3)CC2)c1. The molecule has 4 heteroatoms. The molecule has 1 saturated carbocycles. The number of hydrogen-bond acceptors (Lipinski definition) is 2. The Morgan fingerprint density at radius 2 is 1.48 bits per heavy atom. The highest BCUT2D eigenvalue weighted by Gasteiger charge is 2.51. The van der Waals surface area contributed by atoms with Crippen LogP contribution in [-0.4, -0.2) is 11.7 Å². The maximum atomic E-state index is 13.2. The maximum Gasteiger partial charge on any atom is 0.235 e. The minimum Gasteiger partial charge on any atom is -0.325 e. The Hall–Kier alpha value is -3.27. The summed E-state index contributed by atoms with van der Waals surface area (Å²) in [5, 5.41) is 2.92. The van der Waals surface area contributed by atoms with Gasteiger partial charge in [0.05, 0.1) is 5.41 Å². The first kappa shape index (κ1) is 17.2. The minimum absolute atomic E-state index is 0.0913. The van der Waals surface area contributed by atoms with Crippen molar-refractivity contribution in [3.63, 3.8) is 0 Å². The topological polar surface area (TPSA) is 46.2 Å². The summed E-state index contributed by atoms with van der Waals surface area (Å²) in [7, 11) is 0. The van der Waals surface area contributed by atoms with E-state index < -0.39 is 5.41 Å². The highest BCUT2D eigenvalue weighted by molar-refractivity contribution is 6.10. The van der Waals surface area contributed by atoms with Crippen LogP contribution < -0.4 is 5.32 Å². The average molecular weight is 359 g/mol. The first-order valence-corrected chi connectivity index (χ1v) is 8.86. The second kappa shape index (κ2) is 6.80. The van der Waals surface area contributed by atoms with E-state index in [1.807, 2.05) is 18.2 Å². The number of benzene rings is 3. The zero-order valence-electron chi connectivity index (χ0n) is 14.6. The lowest BCUT2D eigenvalue weighted by atomic mass is 9.94. The van der Waals surface area contributed by atoms with E-state index in [0.717, 1.165) is 18.4 Å². The molecule has 27 heavy (non-hydrogen) atoms. The number of anilines is 1. The van der Waals surface area contributed by atoms with Crippen LogP contribution in [0.3, 0.4) is 0 Å². The van der Waals surface area contributed by atoms with E-state index in [1.54, 1.807) is 48.5 Å². The van der Waals surface area contributed by atoms with Gasteiger partial charge >= 0.3 is 0 Å². The van der Waals surface area contributed by atoms with Gasteiger partial charge in [0, 0.05) is 16.8 Å². The van der Waals surface area contributed by atoms with Gasteiger partial charge in [-0.25, -0.2) is 4.39 Å². The van der Waals surface area contributed by atoms with Gasteiger partial charge in [-0.2, -0.15) is 0 Å². The number of carbonyl (C=O) groups is 2. The molecular weight excluding hydrogens is 341 g/mol. The van der Waals surface area contributed by atoms with E-state index in [9.17, 15) is 14.0 Å². The van der Waals surface area contributed by atoms with Crippen LogP contribution >= 0.6 is 0 Å². The first-order valence-electron chi connectivity index (χ1n) is 8.86. The normalized spacial score (nSPS) is 14.4. The fourth-order valence-electron chi connectivity index (χ4n) is 3.29. The van der Waals surface area contributed by atoms with E-state index in [4.69, 9.17) is 0 Å². The number of nitrogens with one attached hydrogen (secondary N) is 1. The average Bonchev–Trinajstić information content (AvgIpc) is 3.51. The molecule has 0 heterocycles. The van der Waals surface area contributed by atoms with E-state index in [1.165, 1.54) is 12.1 Å². The van der Waals surface area contributed by atoms with Crippen LogP contribution in [0.1, 0.15) is 34.3 Å². The summed E-state index contributed by atoms with van der Waals surface area (Å²) >= 11 is 0. The van der Waals surface area contributed by atoms with Crippen molar-refractivity contribution >= 4 is 17.4 Å². The second-order valence-electron chi connectivity index (χ2n) is 6.82. The Morgan fingerprint density at radius 3 is 2.15 bits per heavy atom. The maximum absolute atomic E-state index is 13.2. The summed E-state index contributed by atoms with van der Waals surface area (Å²) in [5.74, 6) is -0.535. The number of halogens is 1. The third-order valence-corrected chi connectivity index (χ3v) is 5.00. The molecule has 4 rings (SSSR count). The van der Waals surface area contributed by atoms with Crippen LogP contribution in [0, 0.1) is 5.82 Å². The van der Waals surface area contributed by atoms with E-state index in [2.05, 4.69) is 5.32 Å². The molecule has 0 saturated heterocycles. The number of ketones is 1. The summed E-state index contributed by atoms with van der Waals surface area (Å²) in [6.45, 7) is 0. The summed E-state index contributed by atoms with van der Waals surface area (Å²) in [6, 6.07) is 22.0. The molecule has 3 nitrogen and oxygen atoms in total. The van der Waals surface area contributed by atoms with Gasteiger partial charge in [-0.3, -0.25) is 9.59 Å². The lowest BCUT2D eigenvalue weighted by Gasteiger charge is -2.16. The van der Waals surface area contributed by atoms with Crippen molar-refractivity contribution in [2.24, 2.45) is 0 Å². The van der Waals surface area contributed by atoms with Crippen LogP contribution in [0.5, 0.6) is 0 Å². The van der Waals surface area contributed by atoms with Crippen LogP contribution in [0.25, 0.3) is 0 Å². The molecule has 0 aromatic heterocycles. The third kappa shape index (κ3) is 3.38. The van der Waals surface area contributed by atoms with Gasteiger partial charge in [-0.1, -0.05) is 54.6 Å². The number of carbonyl (C=O) groups excluding carboxylic acids is 2. The molecule has 134 valence electrons. The Balaban J connectivity index is 1.54. The number of rotatable bonds is 5. The molecule has 0 unspecified atom stereocenters. The minimum atomic E-state index is -0.604. The van der Waals surface area contributed by atoms with E-state index in [0.29, 0.717) is 16.8 Å². The lowest BCUT2D eigenvalue weighted by molar-refractivity contribution is -0.118. The Bertz CT molecular complexity index is 992. The smallest absolute Gasteiger partial charge is 0.235 e. The van der Waals surface area contributed by atoms with Crippen LogP contribution in [-0.2, 0) is 10.2 Å². The van der Waals surface area contributed by atoms with E-state index in [-0.39, 0.29) is 17.5 Å². The Kier molecular flexibility index (Phi) is 4.32. The molecule has 0 aliphatic heterocycles. The number of amides is 1. The zero-order valence-corrected chi connectivity index (χ0v) is 14.6. The third-order valence-electron chi connectivity index (χ3n) is 5.00. The molecule has 1 amide bonds. The molecule has 1 aliphatic rings. The van der Waals surface area contributed by atoms with E-state index >= 15 is 0 Å². The molecule has 0 spiro atoms. The summed E-state index contributed by atoms with van der Waals surface area (Å²) < 4.78 is 13.2. The zero-order chi connectivity index (χ0) is 18.9. The molecule has 3 aromatic carbocycles. The van der Waals surface area contributed by atoms with Gasteiger partial charge in [0.25, 0.3) is 0 Å². The number of hydrogen-bond donors (Lipinski definition) is 1. The first-order chi connectivity index (χ1) is 13.1. The van der Waals surface area contributed by atoms with Crippen LogP contribution in [0.15, 0.2) is 78.9 Å². The second-order valence-corrected chi connectivity index (χ2v) is 6.82. The van der Waals surface area contributed by atoms with Gasteiger partial charge in [0.15, 0.2) is 5.78 Å². The Morgan fingerprint density at radius 1 is 0.815 bits per heavy atom. The highest BCUT2D eigenvalue weighted by atomic mass is 19.1. The summed E-state index contributed by atoms with van der Waals surface area (Å²) in [6.07, 6.45) is 1.46. The van der Waals surface area contributed by atoms with Gasteiger partial charge in [0.2, 0.25) is 5.91 Å².